The number of rotatable bonds is 11. The topological polar surface area (TPSA) is 6.48 Å². The molecule has 2 heteroatoms. The molecule has 0 saturated heterocycles. The van der Waals surface area contributed by atoms with Crippen LogP contribution < -0.4 is 9.80 Å². The van der Waals surface area contributed by atoms with Crippen LogP contribution in [0.4, 0.5) is 34.1 Å². The SMILES string of the molecule is c1ccc(-c2ccc3c(-c4ccc5ccccc5c4)c4ccc5ccccc5c4c(-c4ccc5ccccc5c4)c3c2)cc1.c1ccc2cc(-c3c4ccc(N(c5ccc6ccccc6c5)c5ccc6ccccc6c5)cc4c(-c4ccc5ccccc5c4)c4ccc(N(c5ccc6ccccc6c5)c5ccc6ccccc6c5)cc34)ccc2c1. The fourth-order valence-electron chi connectivity index (χ4n) is 19.1. The van der Waals surface area contributed by atoms with Gasteiger partial charge in [0.05, 0.1) is 0 Å². The van der Waals surface area contributed by atoms with Crippen molar-refractivity contribution < 1.29 is 0 Å². The van der Waals surface area contributed by atoms with E-state index >= 15 is 0 Å². The summed E-state index contributed by atoms with van der Waals surface area (Å²) >= 11 is 0. The van der Waals surface area contributed by atoms with Crippen molar-refractivity contribution in [1.29, 1.82) is 0 Å². The molecule has 0 fully saturated rings. The predicted octanol–water partition coefficient (Wildman–Crippen LogP) is 33.6. The number of hydrogen-bond donors (Lipinski definition) is 0. The third-order valence-electron chi connectivity index (χ3n) is 24.8. The summed E-state index contributed by atoms with van der Waals surface area (Å²) in [6, 6.07) is 170. The van der Waals surface area contributed by atoms with Crippen LogP contribution in [0.15, 0.2) is 461 Å². The summed E-state index contributed by atoms with van der Waals surface area (Å²) in [5.74, 6) is 0. The Labute approximate surface area is 695 Å². The first-order chi connectivity index (χ1) is 59.4. The minimum absolute atomic E-state index is 1.08. The second kappa shape index (κ2) is 29.2. The van der Waals surface area contributed by atoms with Gasteiger partial charge >= 0.3 is 0 Å². The highest BCUT2D eigenvalue weighted by molar-refractivity contribution is 6.29. The van der Waals surface area contributed by atoms with Crippen LogP contribution in [0.2, 0.25) is 0 Å². The lowest BCUT2D eigenvalue weighted by molar-refractivity contribution is 1.30. The van der Waals surface area contributed by atoms with E-state index in [4.69, 9.17) is 0 Å². The summed E-state index contributed by atoms with van der Waals surface area (Å²) in [5.41, 5.74) is 18.8. The number of fused-ring (bicyclic) bond motifs is 14. The van der Waals surface area contributed by atoms with Gasteiger partial charge in [0.25, 0.3) is 0 Å². The van der Waals surface area contributed by atoms with Crippen LogP contribution in [0.3, 0.4) is 0 Å². The Morgan fingerprint density at radius 2 is 0.342 bits per heavy atom. The fraction of sp³-hybridized carbons (Fsp3) is 0. The maximum absolute atomic E-state index is 2.46. The molecule has 0 spiro atoms. The molecule has 0 atom stereocenters. The van der Waals surface area contributed by atoms with E-state index in [2.05, 4.69) is 471 Å². The number of benzene rings is 24. The smallest absolute Gasteiger partial charge is 0.0468 e. The summed E-state index contributed by atoms with van der Waals surface area (Å²) in [7, 11) is 0. The Balaban J connectivity index is 0.000000162. The highest BCUT2D eigenvalue weighted by Crippen LogP contribution is 2.52. The normalized spacial score (nSPS) is 11.7. The van der Waals surface area contributed by atoms with Crippen molar-refractivity contribution in [2.45, 2.75) is 0 Å². The maximum atomic E-state index is 2.46. The van der Waals surface area contributed by atoms with Gasteiger partial charge < -0.3 is 9.80 Å². The van der Waals surface area contributed by atoms with Crippen molar-refractivity contribution in [2.75, 3.05) is 9.80 Å². The van der Waals surface area contributed by atoms with Gasteiger partial charge in [-0.3, -0.25) is 0 Å². The van der Waals surface area contributed by atoms with E-state index in [-0.39, 0.29) is 0 Å². The molecule has 0 bridgehead atoms. The number of anilines is 6. The van der Waals surface area contributed by atoms with Gasteiger partial charge in [0.2, 0.25) is 0 Å². The van der Waals surface area contributed by atoms with Crippen molar-refractivity contribution in [1.82, 2.24) is 0 Å². The van der Waals surface area contributed by atoms with Crippen LogP contribution in [0, 0.1) is 0 Å². The molecule has 2 nitrogen and oxygen atoms in total. The molecule has 24 aromatic rings. The first-order valence-corrected chi connectivity index (χ1v) is 41.5. The van der Waals surface area contributed by atoms with Gasteiger partial charge in [-0.1, -0.05) is 358 Å². The van der Waals surface area contributed by atoms with Crippen molar-refractivity contribution in [2.24, 2.45) is 0 Å². The molecule has 0 unspecified atom stereocenters. The molecule has 0 aliphatic carbocycles. The van der Waals surface area contributed by atoms with Gasteiger partial charge in [-0.15, -0.1) is 0 Å². The van der Waals surface area contributed by atoms with E-state index in [1.807, 2.05) is 0 Å². The first-order valence-electron chi connectivity index (χ1n) is 41.5. The zero-order valence-electron chi connectivity index (χ0n) is 65.8. The zero-order chi connectivity index (χ0) is 79.1. The van der Waals surface area contributed by atoms with E-state index in [1.165, 1.54) is 196 Å². The second-order valence-electron chi connectivity index (χ2n) is 31.8. The molecule has 0 aromatic heterocycles. The maximum Gasteiger partial charge on any atom is 0.0468 e. The predicted molar refractivity (Wildman–Crippen MR) is 517 cm³/mol. The van der Waals surface area contributed by atoms with E-state index in [0.29, 0.717) is 0 Å². The van der Waals surface area contributed by atoms with Crippen LogP contribution in [0.25, 0.3) is 196 Å². The molecule has 24 rings (SSSR count). The average Bonchev–Trinajstić information content (AvgIpc) is 0.719. The van der Waals surface area contributed by atoms with Gasteiger partial charge in [-0.2, -0.15) is 0 Å². The van der Waals surface area contributed by atoms with Crippen LogP contribution >= 0.6 is 0 Å². The molecule has 0 heterocycles. The number of nitrogens with zero attached hydrogens (tertiary/aromatic N) is 2. The van der Waals surface area contributed by atoms with Crippen molar-refractivity contribution >= 4 is 174 Å². The summed E-state index contributed by atoms with van der Waals surface area (Å²) in [5, 5.41) is 31.9. The van der Waals surface area contributed by atoms with Crippen molar-refractivity contribution in [3.8, 4) is 55.6 Å². The van der Waals surface area contributed by atoms with Crippen LogP contribution in [0.5, 0.6) is 0 Å². The van der Waals surface area contributed by atoms with E-state index < -0.39 is 0 Å². The third kappa shape index (κ3) is 12.4. The lowest BCUT2D eigenvalue weighted by atomic mass is 9.82. The molecule has 120 heavy (non-hydrogen) atoms. The fourth-order valence-corrected chi connectivity index (χ4v) is 19.1. The monoisotopic (exact) mass is 1520 g/mol. The molecule has 0 saturated carbocycles. The lowest BCUT2D eigenvalue weighted by Gasteiger charge is -2.29. The molecule has 0 amide bonds. The molecular weight excluding hydrogens is 1450 g/mol. The lowest BCUT2D eigenvalue weighted by Crippen LogP contribution is -2.10. The van der Waals surface area contributed by atoms with E-state index in [9.17, 15) is 0 Å². The molecule has 558 valence electrons. The highest BCUT2D eigenvalue weighted by Gasteiger charge is 2.26. The standard InChI is InChI=1S/C74H48N2.C44H28/c1-7-19-55-41-61(27-25-49(55)13-1)73-69-39-37-68(76(65-35-31-53-17-5-11-23-59(53)45-65)66-36-32-54-18-6-12-24-60(54)46-66)48-72(69)74(62-28-26-50-14-2-8-20-56(50)42-62)70-40-38-67(47-71(70)73)75(63-33-29-51-15-3-9-21-57(51)43-63)64-34-30-52-16-4-10-22-58(52)44-64;1-2-10-29(11-3-1)35-23-24-39-41(28-35)43(37-21-19-31-13-5-7-16-34(31)27-37)44-38-17-9-8-14-32(38)22-25-40(44)42(39)36-20-18-30-12-4-6-15-33(30)26-36/h1-48H;1-28H. The quantitative estimate of drug-likeness (QED) is 0.0941. The number of hydrogen-bond acceptors (Lipinski definition) is 2. The largest absolute Gasteiger partial charge is 0.310 e. The van der Waals surface area contributed by atoms with Crippen LogP contribution in [-0.2, 0) is 0 Å². The first kappa shape index (κ1) is 69.7. The molecule has 24 aromatic carbocycles. The minimum atomic E-state index is 1.08. The van der Waals surface area contributed by atoms with E-state index in [0.717, 1.165) is 34.1 Å². The Morgan fingerprint density at radius 1 is 0.108 bits per heavy atom. The molecule has 0 N–H and O–H groups in total. The van der Waals surface area contributed by atoms with Crippen molar-refractivity contribution in [3.63, 3.8) is 0 Å². The molecular formula is C118H76N2. The molecule has 0 aliphatic heterocycles. The van der Waals surface area contributed by atoms with Crippen LogP contribution in [-0.4, -0.2) is 0 Å². The Kier molecular flexibility index (Phi) is 17.0. The molecule has 0 radical (unpaired) electrons. The Bertz CT molecular complexity index is 7800. The van der Waals surface area contributed by atoms with Gasteiger partial charge in [0.15, 0.2) is 0 Å². The summed E-state index contributed by atoms with van der Waals surface area (Å²) in [6.07, 6.45) is 0. The summed E-state index contributed by atoms with van der Waals surface area (Å²) < 4.78 is 0. The van der Waals surface area contributed by atoms with Gasteiger partial charge in [0.1, 0.15) is 0 Å². The van der Waals surface area contributed by atoms with Crippen LogP contribution in [0.1, 0.15) is 0 Å². The van der Waals surface area contributed by atoms with Crippen molar-refractivity contribution in [3.05, 3.63) is 461 Å². The van der Waals surface area contributed by atoms with Gasteiger partial charge in [0, 0.05) is 34.1 Å². The Morgan fingerprint density at radius 3 is 0.700 bits per heavy atom. The summed E-state index contributed by atoms with van der Waals surface area (Å²) in [6.45, 7) is 0. The zero-order valence-corrected chi connectivity index (χ0v) is 65.8. The third-order valence-corrected chi connectivity index (χ3v) is 24.8. The average molecular weight is 1520 g/mol. The van der Waals surface area contributed by atoms with E-state index in [1.54, 1.807) is 0 Å². The summed E-state index contributed by atoms with van der Waals surface area (Å²) in [4.78, 5) is 4.88. The highest BCUT2D eigenvalue weighted by atomic mass is 15.1. The minimum Gasteiger partial charge on any atom is -0.310 e. The van der Waals surface area contributed by atoms with Gasteiger partial charge in [-0.05, 0) is 299 Å². The van der Waals surface area contributed by atoms with Gasteiger partial charge in [-0.25, -0.2) is 0 Å². The second-order valence-corrected chi connectivity index (χ2v) is 31.8. The molecule has 0 aliphatic rings. The Hall–Kier alpha value is -15.7.